The summed E-state index contributed by atoms with van der Waals surface area (Å²) in [5.41, 5.74) is 8.31. The Balaban J connectivity index is 2.41. The topological polar surface area (TPSA) is 43.8 Å². The second-order valence-electron chi connectivity index (χ2n) is 5.12. The number of aryl methyl sites for hydroxylation is 3. The number of hydrogen-bond donors (Lipinski definition) is 1. The standard InChI is InChI=1S/C12H23N3/c1-10-8-11(2)15(14-10)7-5-6-12(3,4)9-13/h8H,5-7,9,13H2,1-4H3. The minimum atomic E-state index is 0.260. The van der Waals surface area contributed by atoms with Crippen LogP contribution in [-0.2, 0) is 6.54 Å². The van der Waals surface area contributed by atoms with E-state index in [0.29, 0.717) is 0 Å². The molecule has 0 saturated heterocycles. The van der Waals surface area contributed by atoms with E-state index in [0.717, 1.165) is 31.6 Å². The van der Waals surface area contributed by atoms with Crippen molar-refractivity contribution in [3.8, 4) is 0 Å². The highest BCUT2D eigenvalue weighted by molar-refractivity contribution is 5.06. The van der Waals surface area contributed by atoms with Gasteiger partial charge in [-0.15, -0.1) is 0 Å². The summed E-state index contributed by atoms with van der Waals surface area (Å²) in [5.74, 6) is 0. The first-order chi connectivity index (χ1) is 6.94. The molecule has 1 heterocycles. The van der Waals surface area contributed by atoms with Crippen LogP contribution in [0.15, 0.2) is 6.07 Å². The van der Waals surface area contributed by atoms with E-state index < -0.39 is 0 Å². The van der Waals surface area contributed by atoms with Crippen LogP contribution in [0, 0.1) is 19.3 Å². The molecule has 0 aliphatic rings. The van der Waals surface area contributed by atoms with E-state index in [1.54, 1.807) is 0 Å². The Bertz CT molecular complexity index is 313. The monoisotopic (exact) mass is 209 g/mol. The lowest BCUT2D eigenvalue weighted by molar-refractivity contribution is 0.323. The molecule has 0 saturated carbocycles. The first-order valence-corrected chi connectivity index (χ1v) is 5.66. The van der Waals surface area contributed by atoms with Gasteiger partial charge in [-0.05, 0) is 44.7 Å². The third kappa shape index (κ3) is 3.67. The Morgan fingerprint density at radius 1 is 1.40 bits per heavy atom. The molecule has 86 valence electrons. The van der Waals surface area contributed by atoms with Gasteiger partial charge < -0.3 is 5.73 Å². The molecule has 0 spiro atoms. The Morgan fingerprint density at radius 3 is 2.53 bits per heavy atom. The first-order valence-electron chi connectivity index (χ1n) is 5.66. The molecular weight excluding hydrogens is 186 g/mol. The van der Waals surface area contributed by atoms with Crippen LogP contribution in [0.25, 0.3) is 0 Å². The van der Waals surface area contributed by atoms with Crippen molar-refractivity contribution in [2.24, 2.45) is 11.1 Å². The molecule has 0 radical (unpaired) electrons. The van der Waals surface area contributed by atoms with Crippen molar-refractivity contribution in [1.29, 1.82) is 0 Å². The third-order valence-electron chi connectivity index (χ3n) is 2.88. The highest BCUT2D eigenvalue weighted by Crippen LogP contribution is 2.20. The first kappa shape index (κ1) is 12.2. The van der Waals surface area contributed by atoms with E-state index in [1.807, 2.05) is 6.92 Å². The number of nitrogens with two attached hydrogens (primary N) is 1. The van der Waals surface area contributed by atoms with E-state index in [9.17, 15) is 0 Å². The van der Waals surface area contributed by atoms with Crippen LogP contribution in [0.4, 0.5) is 0 Å². The molecule has 2 N–H and O–H groups in total. The molecule has 1 aromatic heterocycles. The van der Waals surface area contributed by atoms with Crippen LogP contribution in [0.5, 0.6) is 0 Å². The SMILES string of the molecule is Cc1cc(C)n(CCCC(C)(C)CN)n1. The fourth-order valence-corrected chi connectivity index (χ4v) is 1.71. The second kappa shape index (κ2) is 4.79. The lowest BCUT2D eigenvalue weighted by Crippen LogP contribution is -2.23. The van der Waals surface area contributed by atoms with Gasteiger partial charge in [-0.25, -0.2) is 0 Å². The largest absolute Gasteiger partial charge is 0.330 e. The smallest absolute Gasteiger partial charge is 0.0596 e. The molecule has 1 aromatic rings. The Kier molecular flexibility index (Phi) is 3.91. The van der Waals surface area contributed by atoms with Crippen LogP contribution in [0.2, 0.25) is 0 Å². The molecule has 1 rings (SSSR count). The zero-order valence-electron chi connectivity index (χ0n) is 10.4. The van der Waals surface area contributed by atoms with Crippen LogP contribution in [0.3, 0.4) is 0 Å². The van der Waals surface area contributed by atoms with Crippen molar-refractivity contribution in [3.63, 3.8) is 0 Å². The Morgan fingerprint density at radius 2 is 2.07 bits per heavy atom. The van der Waals surface area contributed by atoms with Gasteiger partial charge in [0.05, 0.1) is 5.69 Å². The maximum atomic E-state index is 5.70. The van der Waals surface area contributed by atoms with Crippen molar-refractivity contribution in [2.75, 3.05) is 6.54 Å². The normalized spacial score (nSPS) is 12.1. The summed E-state index contributed by atoms with van der Waals surface area (Å²) in [6.07, 6.45) is 2.30. The molecule has 0 atom stereocenters. The van der Waals surface area contributed by atoms with Crippen molar-refractivity contribution < 1.29 is 0 Å². The average Bonchev–Trinajstić information content (AvgIpc) is 2.45. The van der Waals surface area contributed by atoms with Crippen molar-refractivity contribution in [1.82, 2.24) is 9.78 Å². The van der Waals surface area contributed by atoms with E-state index in [4.69, 9.17) is 5.73 Å². The molecule has 0 aromatic carbocycles. The molecule has 3 heteroatoms. The molecular formula is C12H23N3. The molecule has 3 nitrogen and oxygen atoms in total. The van der Waals surface area contributed by atoms with Gasteiger partial charge in [-0.3, -0.25) is 4.68 Å². The van der Waals surface area contributed by atoms with Crippen molar-refractivity contribution >= 4 is 0 Å². The van der Waals surface area contributed by atoms with E-state index >= 15 is 0 Å². The lowest BCUT2D eigenvalue weighted by Gasteiger charge is -2.21. The molecule has 0 fully saturated rings. The molecule has 0 aliphatic heterocycles. The fourth-order valence-electron chi connectivity index (χ4n) is 1.71. The van der Waals surface area contributed by atoms with Gasteiger partial charge in [0.25, 0.3) is 0 Å². The van der Waals surface area contributed by atoms with E-state index in [-0.39, 0.29) is 5.41 Å². The molecule has 0 unspecified atom stereocenters. The maximum absolute atomic E-state index is 5.70. The second-order valence-corrected chi connectivity index (χ2v) is 5.12. The summed E-state index contributed by atoms with van der Waals surface area (Å²) < 4.78 is 2.09. The van der Waals surface area contributed by atoms with Crippen LogP contribution < -0.4 is 5.73 Å². The number of rotatable bonds is 5. The maximum Gasteiger partial charge on any atom is 0.0596 e. The zero-order chi connectivity index (χ0) is 11.5. The van der Waals surface area contributed by atoms with Gasteiger partial charge >= 0.3 is 0 Å². The summed E-state index contributed by atoms with van der Waals surface area (Å²) in [7, 11) is 0. The Hall–Kier alpha value is -0.830. The summed E-state index contributed by atoms with van der Waals surface area (Å²) in [6.45, 7) is 10.3. The van der Waals surface area contributed by atoms with Crippen LogP contribution in [0.1, 0.15) is 38.1 Å². The number of nitrogens with zero attached hydrogens (tertiary/aromatic N) is 2. The molecule has 0 amide bonds. The minimum absolute atomic E-state index is 0.260. The third-order valence-corrected chi connectivity index (χ3v) is 2.88. The van der Waals surface area contributed by atoms with Gasteiger partial charge in [0.15, 0.2) is 0 Å². The van der Waals surface area contributed by atoms with E-state index in [2.05, 4.69) is 36.6 Å². The average molecular weight is 209 g/mol. The van der Waals surface area contributed by atoms with Crippen LogP contribution >= 0.6 is 0 Å². The summed E-state index contributed by atoms with van der Waals surface area (Å²) >= 11 is 0. The lowest BCUT2D eigenvalue weighted by atomic mass is 9.88. The Labute approximate surface area is 92.7 Å². The highest BCUT2D eigenvalue weighted by atomic mass is 15.3. The van der Waals surface area contributed by atoms with Crippen molar-refractivity contribution in [2.45, 2.75) is 47.1 Å². The molecule has 0 bridgehead atoms. The summed E-state index contributed by atoms with van der Waals surface area (Å²) in [5, 5.41) is 4.44. The van der Waals surface area contributed by atoms with Crippen molar-refractivity contribution in [3.05, 3.63) is 17.5 Å². The van der Waals surface area contributed by atoms with Gasteiger partial charge in [-0.2, -0.15) is 5.10 Å². The minimum Gasteiger partial charge on any atom is -0.330 e. The highest BCUT2D eigenvalue weighted by Gasteiger charge is 2.14. The number of aromatic nitrogens is 2. The van der Waals surface area contributed by atoms with Gasteiger partial charge in [-0.1, -0.05) is 13.8 Å². The van der Waals surface area contributed by atoms with Gasteiger partial charge in [0, 0.05) is 12.2 Å². The summed E-state index contributed by atoms with van der Waals surface area (Å²) in [6, 6.07) is 2.12. The predicted molar refractivity (Wildman–Crippen MR) is 63.8 cm³/mol. The number of hydrogen-bond acceptors (Lipinski definition) is 2. The molecule has 0 aliphatic carbocycles. The van der Waals surface area contributed by atoms with Gasteiger partial charge in [0.2, 0.25) is 0 Å². The van der Waals surface area contributed by atoms with Crippen LogP contribution in [-0.4, -0.2) is 16.3 Å². The molecule has 15 heavy (non-hydrogen) atoms. The van der Waals surface area contributed by atoms with E-state index in [1.165, 1.54) is 5.69 Å². The zero-order valence-corrected chi connectivity index (χ0v) is 10.4. The predicted octanol–water partition coefficient (Wildman–Crippen LogP) is 2.27. The summed E-state index contributed by atoms with van der Waals surface area (Å²) in [4.78, 5) is 0. The quantitative estimate of drug-likeness (QED) is 0.808. The fraction of sp³-hybridized carbons (Fsp3) is 0.750. The van der Waals surface area contributed by atoms with Gasteiger partial charge in [0.1, 0.15) is 0 Å².